The smallest absolute Gasteiger partial charge is 0.0578 e. The van der Waals surface area contributed by atoms with Gasteiger partial charge < -0.3 is 5.32 Å². The predicted molar refractivity (Wildman–Crippen MR) is 67.5 cm³/mol. The Morgan fingerprint density at radius 1 is 1.13 bits per heavy atom. The molecule has 0 spiro atoms. The van der Waals surface area contributed by atoms with Gasteiger partial charge in [0.05, 0.1) is 6.04 Å². The molecule has 1 heterocycles. The van der Waals surface area contributed by atoms with E-state index in [1.54, 1.807) is 11.3 Å². The van der Waals surface area contributed by atoms with Crippen LogP contribution in [-0.2, 0) is 0 Å². The van der Waals surface area contributed by atoms with E-state index < -0.39 is 0 Å². The molecule has 0 aliphatic carbocycles. The maximum absolute atomic E-state index is 3.52. The highest BCUT2D eigenvalue weighted by Crippen LogP contribution is 2.24. The number of hydrogen-bond donors (Lipinski definition) is 1. The fraction of sp³-hybridized carbons (Fsp3) is 0.231. The maximum atomic E-state index is 3.52. The third-order valence-corrected chi connectivity index (χ3v) is 3.54. The lowest BCUT2D eigenvalue weighted by Gasteiger charge is -2.15. The second-order valence-corrected chi connectivity index (χ2v) is 4.68. The van der Waals surface area contributed by atoms with Gasteiger partial charge in [-0.3, -0.25) is 0 Å². The summed E-state index contributed by atoms with van der Waals surface area (Å²) in [6, 6.07) is 13.0. The number of rotatable bonds is 3. The van der Waals surface area contributed by atoms with Crippen LogP contribution in [0.1, 0.15) is 23.4 Å². The van der Waals surface area contributed by atoms with Crippen molar-refractivity contribution in [3.8, 4) is 0 Å². The topological polar surface area (TPSA) is 12.0 Å². The van der Waals surface area contributed by atoms with Crippen molar-refractivity contribution in [2.75, 3.05) is 5.32 Å². The van der Waals surface area contributed by atoms with Gasteiger partial charge in [0, 0.05) is 10.6 Å². The Bertz CT molecular complexity index is 420. The molecule has 2 aromatic rings. The zero-order valence-electron chi connectivity index (χ0n) is 9.03. The van der Waals surface area contributed by atoms with Crippen LogP contribution in [0, 0.1) is 6.92 Å². The van der Waals surface area contributed by atoms with Gasteiger partial charge in [-0.15, -0.1) is 11.3 Å². The molecular formula is C13H15NS. The van der Waals surface area contributed by atoms with E-state index in [2.05, 4.69) is 60.9 Å². The van der Waals surface area contributed by atoms with Crippen molar-refractivity contribution in [2.45, 2.75) is 19.9 Å². The van der Waals surface area contributed by atoms with Crippen molar-refractivity contribution >= 4 is 17.0 Å². The third-order valence-electron chi connectivity index (χ3n) is 2.49. The Kier molecular flexibility index (Phi) is 3.07. The van der Waals surface area contributed by atoms with Gasteiger partial charge in [-0.05, 0) is 36.9 Å². The highest BCUT2D eigenvalue weighted by molar-refractivity contribution is 7.10. The molecule has 0 fully saturated rings. The van der Waals surface area contributed by atoms with Crippen LogP contribution in [0.2, 0.25) is 0 Å². The predicted octanol–water partition coefficient (Wildman–Crippen LogP) is 4.23. The first-order valence-electron chi connectivity index (χ1n) is 5.13. The SMILES string of the molecule is Cc1ccccc1N[C@@H](C)c1cccs1. The summed E-state index contributed by atoms with van der Waals surface area (Å²) in [4.78, 5) is 1.37. The van der Waals surface area contributed by atoms with Gasteiger partial charge in [0.15, 0.2) is 0 Å². The number of para-hydroxylation sites is 1. The lowest BCUT2D eigenvalue weighted by Crippen LogP contribution is -2.05. The Balaban J connectivity index is 2.13. The van der Waals surface area contributed by atoms with Gasteiger partial charge in [-0.1, -0.05) is 24.3 Å². The monoisotopic (exact) mass is 217 g/mol. The van der Waals surface area contributed by atoms with Gasteiger partial charge in [0.2, 0.25) is 0 Å². The minimum absolute atomic E-state index is 0.381. The van der Waals surface area contributed by atoms with E-state index in [-0.39, 0.29) is 0 Å². The fourth-order valence-electron chi connectivity index (χ4n) is 1.58. The van der Waals surface area contributed by atoms with Crippen LogP contribution in [0.25, 0.3) is 0 Å². The summed E-state index contributed by atoms with van der Waals surface area (Å²) in [5, 5.41) is 5.64. The van der Waals surface area contributed by atoms with E-state index in [0.717, 1.165) is 0 Å². The number of thiophene rings is 1. The number of aryl methyl sites for hydroxylation is 1. The lowest BCUT2D eigenvalue weighted by atomic mass is 10.2. The Morgan fingerprint density at radius 2 is 1.93 bits per heavy atom. The number of nitrogens with one attached hydrogen (secondary N) is 1. The highest BCUT2D eigenvalue weighted by atomic mass is 32.1. The normalized spacial score (nSPS) is 12.4. The molecule has 78 valence electrons. The largest absolute Gasteiger partial charge is 0.377 e. The standard InChI is InChI=1S/C13H15NS/c1-10-6-3-4-7-12(10)14-11(2)13-8-5-9-15-13/h3-9,11,14H,1-2H3/t11-/m0/s1. The van der Waals surface area contributed by atoms with Crippen molar-refractivity contribution in [1.82, 2.24) is 0 Å². The minimum atomic E-state index is 0.381. The fourth-order valence-corrected chi connectivity index (χ4v) is 2.31. The zero-order valence-corrected chi connectivity index (χ0v) is 9.84. The van der Waals surface area contributed by atoms with Crippen LogP contribution in [0.15, 0.2) is 41.8 Å². The molecule has 1 aromatic heterocycles. The van der Waals surface area contributed by atoms with Gasteiger partial charge in [-0.25, -0.2) is 0 Å². The summed E-state index contributed by atoms with van der Waals surface area (Å²) in [6.07, 6.45) is 0. The quantitative estimate of drug-likeness (QED) is 0.811. The molecule has 2 heteroatoms. The molecule has 1 atom stereocenters. The molecule has 15 heavy (non-hydrogen) atoms. The Hall–Kier alpha value is -1.28. The molecular weight excluding hydrogens is 202 g/mol. The van der Waals surface area contributed by atoms with Gasteiger partial charge in [0.25, 0.3) is 0 Å². The molecule has 1 aromatic carbocycles. The van der Waals surface area contributed by atoms with E-state index in [0.29, 0.717) is 6.04 Å². The molecule has 0 aliphatic rings. The summed E-state index contributed by atoms with van der Waals surface area (Å²) in [6.45, 7) is 4.32. The average Bonchev–Trinajstić information content (AvgIpc) is 2.74. The first kappa shape index (κ1) is 10.2. The summed E-state index contributed by atoms with van der Waals surface area (Å²) in [5.74, 6) is 0. The number of anilines is 1. The summed E-state index contributed by atoms with van der Waals surface area (Å²) in [7, 11) is 0. The molecule has 0 radical (unpaired) electrons. The lowest BCUT2D eigenvalue weighted by molar-refractivity contribution is 0.905. The summed E-state index contributed by atoms with van der Waals surface area (Å²) < 4.78 is 0. The first-order valence-corrected chi connectivity index (χ1v) is 6.01. The van der Waals surface area contributed by atoms with E-state index in [1.807, 2.05) is 0 Å². The van der Waals surface area contributed by atoms with Crippen LogP contribution in [0.4, 0.5) is 5.69 Å². The summed E-state index contributed by atoms with van der Waals surface area (Å²) >= 11 is 1.79. The Morgan fingerprint density at radius 3 is 2.60 bits per heavy atom. The second kappa shape index (κ2) is 4.49. The molecule has 2 rings (SSSR count). The molecule has 1 nitrogen and oxygen atoms in total. The van der Waals surface area contributed by atoms with Gasteiger partial charge in [0.1, 0.15) is 0 Å². The van der Waals surface area contributed by atoms with Crippen LogP contribution in [-0.4, -0.2) is 0 Å². The van der Waals surface area contributed by atoms with Crippen molar-refractivity contribution in [3.05, 3.63) is 52.2 Å². The molecule has 1 N–H and O–H groups in total. The zero-order chi connectivity index (χ0) is 10.7. The van der Waals surface area contributed by atoms with E-state index in [9.17, 15) is 0 Å². The second-order valence-electron chi connectivity index (χ2n) is 3.70. The van der Waals surface area contributed by atoms with E-state index in [4.69, 9.17) is 0 Å². The first-order chi connectivity index (χ1) is 7.27. The van der Waals surface area contributed by atoms with E-state index in [1.165, 1.54) is 16.1 Å². The third kappa shape index (κ3) is 2.39. The molecule has 0 aliphatic heterocycles. The molecule has 0 saturated carbocycles. The van der Waals surface area contributed by atoms with Crippen molar-refractivity contribution in [3.63, 3.8) is 0 Å². The van der Waals surface area contributed by atoms with Crippen LogP contribution >= 0.6 is 11.3 Å². The molecule has 0 unspecified atom stereocenters. The molecule has 0 saturated heterocycles. The van der Waals surface area contributed by atoms with Crippen LogP contribution < -0.4 is 5.32 Å². The molecule has 0 bridgehead atoms. The van der Waals surface area contributed by atoms with Crippen molar-refractivity contribution in [1.29, 1.82) is 0 Å². The molecule has 0 amide bonds. The van der Waals surface area contributed by atoms with Gasteiger partial charge in [-0.2, -0.15) is 0 Å². The average molecular weight is 217 g/mol. The van der Waals surface area contributed by atoms with Crippen LogP contribution in [0.3, 0.4) is 0 Å². The van der Waals surface area contributed by atoms with E-state index >= 15 is 0 Å². The minimum Gasteiger partial charge on any atom is -0.377 e. The maximum Gasteiger partial charge on any atom is 0.0578 e. The van der Waals surface area contributed by atoms with Crippen LogP contribution in [0.5, 0.6) is 0 Å². The number of benzene rings is 1. The highest BCUT2D eigenvalue weighted by Gasteiger charge is 2.06. The Labute approximate surface area is 94.8 Å². The van der Waals surface area contributed by atoms with Gasteiger partial charge >= 0.3 is 0 Å². The summed E-state index contributed by atoms with van der Waals surface area (Å²) in [5.41, 5.74) is 2.51. The van der Waals surface area contributed by atoms with Crippen molar-refractivity contribution in [2.24, 2.45) is 0 Å². The van der Waals surface area contributed by atoms with Crippen molar-refractivity contribution < 1.29 is 0 Å². The number of hydrogen-bond acceptors (Lipinski definition) is 2.